The molecule has 3 aliphatic rings. The molecule has 6 nitrogen and oxygen atoms in total. The van der Waals surface area contributed by atoms with E-state index >= 15 is 0 Å². The lowest BCUT2D eigenvalue weighted by molar-refractivity contribution is -0.116. The van der Waals surface area contributed by atoms with Gasteiger partial charge in [-0.2, -0.15) is 4.31 Å². The first-order valence-corrected chi connectivity index (χ1v) is 10.5. The molecule has 4 rings (SSSR count). The number of carbonyl (C=O) groups is 1. The fraction of sp³-hybridized carbons (Fsp3) is 0.611. The Bertz CT molecular complexity index is 814. The van der Waals surface area contributed by atoms with Crippen molar-refractivity contribution in [1.29, 1.82) is 0 Å². The van der Waals surface area contributed by atoms with Crippen LogP contribution >= 0.6 is 12.4 Å². The predicted molar refractivity (Wildman–Crippen MR) is 103 cm³/mol. The SMILES string of the molecule is CC(=O)N1CCc2ccc(S(=O)(=O)N3CC4CCCC(N)C4C3)cc21.Cl. The number of nitrogens with zero attached hydrogens (tertiary/aromatic N) is 2. The van der Waals surface area contributed by atoms with Gasteiger partial charge < -0.3 is 10.6 Å². The average Bonchev–Trinajstić information content (AvgIpc) is 3.19. The van der Waals surface area contributed by atoms with Crippen molar-refractivity contribution in [2.75, 3.05) is 24.5 Å². The number of fused-ring (bicyclic) bond motifs is 2. The Morgan fingerprint density at radius 2 is 2.00 bits per heavy atom. The molecule has 2 aliphatic heterocycles. The third kappa shape index (κ3) is 3.15. The minimum atomic E-state index is -3.55. The van der Waals surface area contributed by atoms with E-state index in [9.17, 15) is 13.2 Å². The first-order chi connectivity index (χ1) is 11.9. The second-order valence-corrected chi connectivity index (χ2v) is 9.49. The predicted octanol–water partition coefficient (Wildman–Crippen LogP) is 1.77. The number of halogens is 1. The van der Waals surface area contributed by atoms with E-state index in [0.29, 0.717) is 25.6 Å². The lowest BCUT2D eigenvalue weighted by Crippen LogP contribution is -2.38. The topological polar surface area (TPSA) is 83.7 Å². The van der Waals surface area contributed by atoms with Gasteiger partial charge in [0.05, 0.1) is 4.90 Å². The molecule has 26 heavy (non-hydrogen) atoms. The molecule has 144 valence electrons. The molecular weight excluding hydrogens is 374 g/mol. The van der Waals surface area contributed by atoms with Crippen molar-refractivity contribution in [2.45, 2.75) is 43.5 Å². The van der Waals surface area contributed by atoms with Gasteiger partial charge in [-0.15, -0.1) is 12.4 Å². The monoisotopic (exact) mass is 399 g/mol. The summed E-state index contributed by atoms with van der Waals surface area (Å²) in [5, 5.41) is 0. The van der Waals surface area contributed by atoms with E-state index < -0.39 is 10.0 Å². The Hall–Kier alpha value is -1.15. The second kappa shape index (κ2) is 7.11. The van der Waals surface area contributed by atoms with Crippen molar-refractivity contribution in [3.63, 3.8) is 0 Å². The zero-order chi connectivity index (χ0) is 17.8. The number of anilines is 1. The van der Waals surface area contributed by atoms with E-state index in [1.165, 1.54) is 6.92 Å². The minimum Gasteiger partial charge on any atom is -0.327 e. The van der Waals surface area contributed by atoms with Crippen LogP contribution in [-0.4, -0.2) is 44.3 Å². The highest BCUT2D eigenvalue weighted by Gasteiger charge is 2.43. The van der Waals surface area contributed by atoms with Gasteiger partial charge in [0.25, 0.3) is 0 Å². The molecule has 0 bridgehead atoms. The van der Waals surface area contributed by atoms with Crippen LogP contribution in [0, 0.1) is 11.8 Å². The fourth-order valence-corrected chi connectivity index (χ4v) is 6.22. The van der Waals surface area contributed by atoms with Crippen molar-refractivity contribution in [2.24, 2.45) is 17.6 Å². The summed E-state index contributed by atoms with van der Waals surface area (Å²) in [6.45, 7) is 3.22. The summed E-state index contributed by atoms with van der Waals surface area (Å²) in [5.41, 5.74) is 8.00. The molecule has 1 aromatic rings. The van der Waals surface area contributed by atoms with Crippen LogP contribution in [-0.2, 0) is 21.2 Å². The molecule has 0 radical (unpaired) electrons. The lowest BCUT2D eigenvalue weighted by Gasteiger charge is -2.29. The summed E-state index contributed by atoms with van der Waals surface area (Å²) >= 11 is 0. The number of hydrogen-bond acceptors (Lipinski definition) is 4. The molecule has 0 aromatic heterocycles. The van der Waals surface area contributed by atoms with Crippen molar-refractivity contribution in [3.8, 4) is 0 Å². The summed E-state index contributed by atoms with van der Waals surface area (Å²) in [4.78, 5) is 13.7. The van der Waals surface area contributed by atoms with E-state index in [0.717, 1.165) is 36.9 Å². The van der Waals surface area contributed by atoms with E-state index in [1.54, 1.807) is 21.3 Å². The summed E-state index contributed by atoms with van der Waals surface area (Å²) in [6.07, 6.45) is 3.91. The highest BCUT2D eigenvalue weighted by atomic mass is 35.5. The van der Waals surface area contributed by atoms with Gasteiger partial charge in [-0.05, 0) is 48.8 Å². The molecule has 1 saturated carbocycles. The number of carbonyl (C=O) groups excluding carboxylic acids is 1. The van der Waals surface area contributed by atoms with Crippen LogP contribution in [0.25, 0.3) is 0 Å². The van der Waals surface area contributed by atoms with Gasteiger partial charge in [-0.1, -0.05) is 12.5 Å². The molecule has 2 fully saturated rings. The molecular formula is C18H26ClN3O3S. The summed E-state index contributed by atoms with van der Waals surface area (Å²) < 4.78 is 27.9. The Labute approximate surface area is 161 Å². The maximum atomic E-state index is 13.1. The smallest absolute Gasteiger partial charge is 0.243 e. The Balaban J connectivity index is 0.00000196. The highest BCUT2D eigenvalue weighted by Crippen LogP contribution is 2.39. The number of hydrogen-bond donors (Lipinski definition) is 1. The molecule has 1 aromatic carbocycles. The Morgan fingerprint density at radius 1 is 1.23 bits per heavy atom. The van der Waals surface area contributed by atoms with E-state index in [2.05, 4.69) is 0 Å². The summed E-state index contributed by atoms with van der Waals surface area (Å²) in [6, 6.07) is 5.30. The third-order valence-electron chi connectivity index (χ3n) is 6.09. The van der Waals surface area contributed by atoms with Crippen molar-refractivity contribution in [3.05, 3.63) is 23.8 Å². The number of amides is 1. The molecule has 2 heterocycles. The molecule has 0 spiro atoms. The van der Waals surface area contributed by atoms with Crippen LogP contribution in [0.2, 0.25) is 0 Å². The molecule has 3 unspecified atom stereocenters. The fourth-order valence-electron chi connectivity index (χ4n) is 4.67. The minimum absolute atomic E-state index is 0. The van der Waals surface area contributed by atoms with Crippen LogP contribution < -0.4 is 10.6 Å². The summed E-state index contributed by atoms with van der Waals surface area (Å²) in [5.74, 6) is 0.597. The number of nitrogens with two attached hydrogens (primary N) is 1. The lowest BCUT2D eigenvalue weighted by atomic mass is 9.78. The molecule has 1 aliphatic carbocycles. The van der Waals surface area contributed by atoms with E-state index in [4.69, 9.17) is 5.73 Å². The van der Waals surface area contributed by atoms with Crippen molar-refractivity contribution in [1.82, 2.24) is 4.31 Å². The highest BCUT2D eigenvalue weighted by molar-refractivity contribution is 7.89. The van der Waals surface area contributed by atoms with Gasteiger partial charge in [-0.25, -0.2) is 8.42 Å². The zero-order valence-corrected chi connectivity index (χ0v) is 16.6. The second-order valence-electron chi connectivity index (χ2n) is 7.55. The largest absolute Gasteiger partial charge is 0.327 e. The van der Waals surface area contributed by atoms with Gasteiger partial charge >= 0.3 is 0 Å². The quantitative estimate of drug-likeness (QED) is 0.821. The van der Waals surface area contributed by atoms with Crippen LogP contribution in [0.5, 0.6) is 0 Å². The zero-order valence-electron chi connectivity index (χ0n) is 14.9. The van der Waals surface area contributed by atoms with Crippen LogP contribution in [0.3, 0.4) is 0 Å². The molecule has 1 amide bonds. The Morgan fingerprint density at radius 3 is 2.69 bits per heavy atom. The van der Waals surface area contributed by atoms with E-state index in [-0.39, 0.29) is 35.2 Å². The maximum Gasteiger partial charge on any atom is 0.243 e. The number of rotatable bonds is 2. The van der Waals surface area contributed by atoms with Crippen LogP contribution in [0.15, 0.2) is 23.1 Å². The molecule has 8 heteroatoms. The first-order valence-electron chi connectivity index (χ1n) is 9.04. The van der Waals surface area contributed by atoms with Crippen LogP contribution in [0.4, 0.5) is 5.69 Å². The molecule has 1 saturated heterocycles. The normalized spacial score (nSPS) is 28.4. The maximum absolute atomic E-state index is 13.1. The van der Waals surface area contributed by atoms with Gasteiger partial charge in [0.1, 0.15) is 0 Å². The van der Waals surface area contributed by atoms with Crippen LogP contribution in [0.1, 0.15) is 31.7 Å². The van der Waals surface area contributed by atoms with Gasteiger partial charge in [0.15, 0.2) is 0 Å². The van der Waals surface area contributed by atoms with Gasteiger partial charge in [-0.3, -0.25) is 4.79 Å². The molecule has 2 N–H and O–H groups in total. The summed E-state index contributed by atoms with van der Waals surface area (Å²) in [7, 11) is -3.55. The molecule has 3 atom stereocenters. The third-order valence-corrected chi connectivity index (χ3v) is 7.92. The number of benzene rings is 1. The average molecular weight is 400 g/mol. The van der Waals surface area contributed by atoms with Crippen molar-refractivity contribution >= 4 is 34.0 Å². The standard InChI is InChI=1S/C18H25N3O3S.ClH/c1-12(22)21-8-7-13-5-6-15(9-18(13)21)25(23,24)20-10-14-3-2-4-17(19)16(14)11-20;/h5-6,9,14,16-17H,2-4,7-8,10-11,19H2,1H3;1H. The Kier molecular flexibility index (Phi) is 5.36. The van der Waals surface area contributed by atoms with Gasteiger partial charge in [0, 0.05) is 38.3 Å². The number of sulfonamides is 1. The van der Waals surface area contributed by atoms with E-state index in [1.807, 2.05) is 6.07 Å². The first kappa shape index (κ1) is 19.6. The van der Waals surface area contributed by atoms with Crippen molar-refractivity contribution < 1.29 is 13.2 Å². The van der Waals surface area contributed by atoms with Gasteiger partial charge in [0.2, 0.25) is 15.9 Å².